The van der Waals surface area contributed by atoms with Crippen LogP contribution in [0.3, 0.4) is 0 Å². The number of hydrogen-bond acceptors (Lipinski definition) is 3. The molecule has 0 aliphatic carbocycles. The molecule has 2 rings (SSSR count). The Bertz CT molecular complexity index is 506. The summed E-state index contributed by atoms with van der Waals surface area (Å²) in [7, 11) is 0. The van der Waals surface area contributed by atoms with Gasteiger partial charge in [-0.05, 0) is 37.8 Å². The maximum Gasteiger partial charge on any atom is 0.260 e. The van der Waals surface area contributed by atoms with E-state index in [1.54, 1.807) is 4.90 Å². The highest BCUT2D eigenvalue weighted by molar-refractivity contribution is 5.85. The Morgan fingerprint density at radius 1 is 1.41 bits per heavy atom. The molecule has 4 nitrogen and oxygen atoms in total. The van der Waals surface area contributed by atoms with Gasteiger partial charge >= 0.3 is 0 Å². The van der Waals surface area contributed by atoms with E-state index in [-0.39, 0.29) is 36.7 Å². The molecule has 1 atom stereocenters. The predicted molar refractivity (Wildman–Crippen MR) is 82.1 cm³/mol. The molecule has 0 aromatic heterocycles. The molecule has 1 unspecified atom stereocenters. The molecular weight excluding hydrogens is 314 g/mol. The van der Waals surface area contributed by atoms with Crippen molar-refractivity contribution >= 4 is 18.3 Å². The highest BCUT2D eigenvalue weighted by Crippen LogP contribution is 2.20. The smallest absolute Gasteiger partial charge is 0.260 e. The summed E-state index contributed by atoms with van der Waals surface area (Å²) in [6, 6.07) is 3.14. The summed E-state index contributed by atoms with van der Waals surface area (Å²) in [6.45, 7) is 3.01. The lowest BCUT2D eigenvalue weighted by Gasteiger charge is -2.33. The number of ether oxygens (including phenoxy) is 1. The first-order valence-corrected chi connectivity index (χ1v) is 7.08. The number of likely N-dealkylation sites (tertiary alicyclic amines) is 1. The van der Waals surface area contributed by atoms with E-state index in [9.17, 15) is 13.6 Å². The number of piperidine rings is 1. The van der Waals surface area contributed by atoms with Crippen LogP contribution in [0, 0.1) is 17.6 Å². The first kappa shape index (κ1) is 18.6. The third kappa shape index (κ3) is 4.81. The molecule has 0 radical (unpaired) electrons. The van der Waals surface area contributed by atoms with Crippen molar-refractivity contribution in [2.24, 2.45) is 11.7 Å². The van der Waals surface area contributed by atoms with Crippen molar-refractivity contribution in [3.63, 3.8) is 0 Å². The minimum Gasteiger partial charge on any atom is -0.481 e. The second-order valence-corrected chi connectivity index (χ2v) is 5.44. The summed E-state index contributed by atoms with van der Waals surface area (Å²) < 4.78 is 31.3. The van der Waals surface area contributed by atoms with Crippen molar-refractivity contribution in [3.8, 4) is 5.75 Å². The molecule has 1 amide bonds. The SMILES string of the molecule is CC(N)C1CCN(C(=O)COc2ccc(F)cc2F)CC1.Cl. The second kappa shape index (κ2) is 8.29. The lowest BCUT2D eigenvalue weighted by molar-refractivity contribution is -0.134. The minimum absolute atomic E-state index is 0. The molecule has 1 fully saturated rings. The minimum atomic E-state index is -0.807. The van der Waals surface area contributed by atoms with E-state index in [0.29, 0.717) is 19.0 Å². The zero-order valence-electron chi connectivity index (χ0n) is 12.4. The van der Waals surface area contributed by atoms with Crippen molar-refractivity contribution in [1.29, 1.82) is 0 Å². The van der Waals surface area contributed by atoms with E-state index < -0.39 is 11.6 Å². The Labute approximate surface area is 135 Å². The number of benzene rings is 1. The quantitative estimate of drug-likeness (QED) is 0.919. The Morgan fingerprint density at radius 2 is 2.05 bits per heavy atom. The third-order valence-corrected chi connectivity index (χ3v) is 3.88. The summed E-state index contributed by atoms with van der Waals surface area (Å²) in [4.78, 5) is 13.7. The number of nitrogens with two attached hydrogens (primary N) is 1. The van der Waals surface area contributed by atoms with E-state index in [1.807, 2.05) is 6.92 Å². The summed E-state index contributed by atoms with van der Waals surface area (Å²) in [5, 5.41) is 0. The summed E-state index contributed by atoms with van der Waals surface area (Å²) >= 11 is 0. The maximum atomic E-state index is 13.4. The fraction of sp³-hybridized carbons (Fsp3) is 0.533. The van der Waals surface area contributed by atoms with Gasteiger partial charge in [0.2, 0.25) is 0 Å². The van der Waals surface area contributed by atoms with Gasteiger partial charge in [-0.15, -0.1) is 12.4 Å². The van der Waals surface area contributed by atoms with E-state index in [4.69, 9.17) is 10.5 Å². The van der Waals surface area contributed by atoms with Gasteiger partial charge < -0.3 is 15.4 Å². The van der Waals surface area contributed by atoms with Crippen molar-refractivity contribution < 1.29 is 18.3 Å². The molecule has 124 valence electrons. The van der Waals surface area contributed by atoms with E-state index >= 15 is 0 Å². The number of carbonyl (C=O) groups excluding carboxylic acids is 1. The van der Waals surface area contributed by atoms with Gasteiger partial charge in [0.05, 0.1) is 0 Å². The topological polar surface area (TPSA) is 55.6 Å². The number of nitrogens with zero attached hydrogens (tertiary/aromatic N) is 1. The Balaban J connectivity index is 0.00000242. The largest absolute Gasteiger partial charge is 0.481 e. The zero-order chi connectivity index (χ0) is 15.4. The van der Waals surface area contributed by atoms with E-state index in [2.05, 4.69) is 0 Å². The molecule has 1 saturated heterocycles. The highest BCUT2D eigenvalue weighted by atomic mass is 35.5. The van der Waals surface area contributed by atoms with Crippen molar-refractivity contribution in [1.82, 2.24) is 4.90 Å². The van der Waals surface area contributed by atoms with Crippen LogP contribution in [0.2, 0.25) is 0 Å². The number of halogens is 3. The molecule has 7 heteroatoms. The zero-order valence-corrected chi connectivity index (χ0v) is 13.2. The van der Waals surface area contributed by atoms with Gasteiger partial charge in [-0.3, -0.25) is 4.79 Å². The highest BCUT2D eigenvalue weighted by Gasteiger charge is 2.25. The van der Waals surface area contributed by atoms with Gasteiger partial charge in [-0.2, -0.15) is 0 Å². The molecule has 0 bridgehead atoms. The fourth-order valence-electron chi connectivity index (χ4n) is 2.50. The van der Waals surface area contributed by atoms with Gasteiger partial charge in [0.25, 0.3) is 5.91 Å². The maximum absolute atomic E-state index is 13.4. The Hall–Kier alpha value is -1.40. The molecule has 22 heavy (non-hydrogen) atoms. The molecule has 2 N–H and O–H groups in total. The van der Waals surface area contributed by atoms with Crippen LogP contribution < -0.4 is 10.5 Å². The first-order chi connectivity index (χ1) is 9.97. The third-order valence-electron chi connectivity index (χ3n) is 3.88. The second-order valence-electron chi connectivity index (χ2n) is 5.44. The summed E-state index contributed by atoms with van der Waals surface area (Å²) in [5.41, 5.74) is 5.85. The Morgan fingerprint density at radius 3 is 2.59 bits per heavy atom. The van der Waals surface area contributed by atoms with Crippen LogP contribution in [-0.4, -0.2) is 36.5 Å². The molecule has 1 aromatic carbocycles. The average molecular weight is 335 g/mol. The van der Waals surface area contributed by atoms with Crippen LogP contribution in [-0.2, 0) is 4.79 Å². The van der Waals surface area contributed by atoms with Crippen LogP contribution in [0.15, 0.2) is 18.2 Å². The molecule has 0 spiro atoms. The first-order valence-electron chi connectivity index (χ1n) is 7.08. The lowest BCUT2D eigenvalue weighted by Crippen LogP contribution is -2.44. The molecule has 1 aromatic rings. The van der Waals surface area contributed by atoms with Crippen LogP contribution >= 0.6 is 12.4 Å². The lowest BCUT2D eigenvalue weighted by atomic mass is 9.91. The number of carbonyl (C=O) groups is 1. The fourth-order valence-corrected chi connectivity index (χ4v) is 2.50. The molecule has 0 saturated carbocycles. The van der Waals surface area contributed by atoms with Crippen LogP contribution in [0.4, 0.5) is 8.78 Å². The predicted octanol–water partition coefficient (Wildman–Crippen LogP) is 2.35. The normalized spacial score (nSPS) is 16.8. The number of amides is 1. The van der Waals surface area contributed by atoms with Crippen molar-refractivity contribution in [2.45, 2.75) is 25.8 Å². The standard InChI is InChI=1S/C15H20F2N2O2.ClH/c1-10(18)11-4-6-19(7-5-11)15(20)9-21-14-3-2-12(16)8-13(14)17;/h2-3,8,10-11H,4-7,9,18H2,1H3;1H. The molecular formula is C15H21ClF2N2O2. The summed E-state index contributed by atoms with van der Waals surface area (Å²) in [6.07, 6.45) is 1.74. The number of rotatable bonds is 4. The Kier molecular flexibility index (Phi) is 7.03. The molecule has 1 aliphatic heterocycles. The van der Waals surface area contributed by atoms with Gasteiger partial charge in [0, 0.05) is 25.2 Å². The van der Waals surface area contributed by atoms with Crippen molar-refractivity contribution in [3.05, 3.63) is 29.8 Å². The van der Waals surface area contributed by atoms with Gasteiger partial charge in [0.1, 0.15) is 5.82 Å². The number of hydrogen-bond donors (Lipinski definition) is 1. The average Bonchev–Trinajstić information content (AvgIpc) is 2.46. The van der Waals surface area contributed by atoms with Crippen molar-refractivity contribution in [2.75, 3.05) is 19.7 Å². The monoisotopic (exact) mass is 334 g/mol. The molecule has 1 aliphatic rings. The summed E-state index contributed by atoms with van der Waals surface area (Å²) in [5.74, 6) is -1.36. The van der Waals surface area contributed by atoms with E-state index in [1.165, 1.54) is 6.07 Å². The van der Waals surface area contributed by atoms with Crippen LogP contribution in [0.25, 0.3) is 0 Å². The van der Waals surface area contributed by atoms with Crippen LogP contribution in [0.1, 0.15) is 19.8 Å². The van der Waals surface area contributed by atoms with Gasteiger partial charge in [-0.25, -0.2) is 8.78 Å². The van der Waals surface area contributed by atoms with Gasteiger partial charge in [-0.1, -0.05) is 0 Å². The molecule has 1 heterocycles. The van der Waals surface area contributed by atoms with E-state index in [0.717, 1.165) is 25.0 Å². The van der Waals surface area contributed by atoms with Crippen LogP contribution in [0.5, 0.6) is 5.75 Å². The van der Waals surface area contributed by atoms with Gasteiger partial charge in [0.15, 0.2) is 18.2 Å².